The normalized spacial score (nSPS) is 12.3. The predicted molar refractivity (Wildman–Crippen MR) is 151 cm³/mol. The highest BCUT2D eigenvalue weighted by Gasteiger charge is 2.20. The van der Waals surface area contributed by atoms with Gasteiger partial charge in [-0.2, -0.15) is 5.26 Å². The van der Waals surface area contributed by atoms with Gasteiger partial charge in [0.05, 0.1) is 29.5 Å². The Morgan fingerprint density at radius 3 is 2.40 bits per heavy atom. The van der Waals surface area contributed by atoms with Crippen molar-refractivity contribution in [2.24, 2.45) is 16.6 Å². The van der Waals surface area contributed by atoms with E-state index in [1.165, 1.54) is 38.5 Å². The molecule has 1 aliphatic rings. The first-order valence-electron chi connectivity index (χ1n) is 13.2. The zero-order chi connectivity index (χ0) is 26.6. The van der Waals surface area contributed by atoms with Crippen molar-refractivity contribution < 1.29 is 5.11 Å². The first kappa shape index (κ1) is 31.9. The van der Waals surface area contributed by atoms with Crippen LogP contribution in [-0.2, 0) is 0 Å². The average molecular weight is 479 g/mol. The Morgan fingerprint density at radius 1 is 1.06 bits per heavy atom. The second-order valence-corrected chi connectivity index (χ2v) is 7.94. The number of aromatic nitrogens is 1. The SMILES string of the molecule is CC.CC.CCCCCCC(C)CC.N#Cc1cccc(O)c1C1=NCC=C(N)c2cnccc21. The Morgan fingerprint density at radius 2 is 1.77 bits per heavy atom. The summed E-state index contributed by atoms with van der Waals surface area (Å²) in [7, 11) is 0. The zero-order valence-corrected chi connectivity index (χ0v) is 22.9. The maximum Gasteiger partial charge on any atom is 0.126 e. The Kier molecular flexibility index (Phi) is 17.5. The highest BCUT2D eigenvalue weighted by Crippen LogP contribution is 2.28. The van der Waals surface area contributed by atoms with Gasteiger partial charge in [-0.05, 0) is 30.2 Å². The van der Waals surface area contributed by atoms with E-state index in [1.54, 1.807) is 42.7 Å². The van der Waals surface area contributed by atoms with Crippen LogP contribution in [0.4, 0.5) is 0 Å². The molecule has 0 saturated heterocycles. The van der Waals surface area contributed by atoms with Crippen molar-refractivity contribution in [1.82, 2.24) is 4.98 Å². The number of aromatic hydroxyl groups is 1. The number of hydrogen-bond donors (Lipinski definition) is 2. The van der Waals surface area contributed by atoms with E-state index in [-0.39, 0.29) is 5.75 Å². The van der Waals surface area contributed by atoms with Gasteiger partial charge in [0, 0.05) is 29.2 Å². The van der Waals surface area contributed by atoms with E-state index in [9.17, 15) is 10.4 Å². The van der Waals surface area contributed by atoms with E-state index in [4.69, 9.17) is 5.73 Å². The minimum Gasteiger partial charge on any atom is -0.507 e. The molecule has 35 heavy (non-hydrogen) atoms. The number of phenolic OH excluding ortho intramolecular Hbond substituents is 1. The van der Waals surface area contributed by atoms with Crippen molar-refractivity contribution >= 4 is 11.4 Å². The van der Waals surface area contributed by atoms with Crippen LogP contribution in [0.25, 0.3) is 5.70 Å². The van der Waals surface area contributed by atoms with Crippen LogP contribution in [0.1, 0.15) is 109 Å². The van der Waals surface area contributed by atoms with E-state index in [1.807, 2.05) is 27.7 Å². The van der Waals surface area contributed by atoms with Crippen LogP contribution in [0, 0.1) is 17.2 Å². The number of nitrogens with two attached hydrogens (primary N) is 1. The quantitative estimate of drug-likeness (QED) is 0.396. The molecule has 3 N–H and O–H groups in total. The average Bonchev–Trinajstić information content (AvgIpc) is 3.07. The van der Waals surface area contributed by atoms with Gasteiger partial charge in [-0.3, -0.25) is 9.98 Å². The van der Waals surface area contributed by atoms with Crippen LogP contribution in [0.5, 0.6) is 5.75 Å². The molecule has 1 aliphatic heterocycles. The molecule has 0 amide bonds. The first-order chi connectivity index (χ1) is 17.0. The van der Waals surface area contributed by atoms with E-state index >= 15 is 0 Å². The molecular weight excluding hydrogens is 432 g/mol. The maximum atomic E-state index is 10.2. The molecule has 2 heterocycles. The second-order valence-electron chi connectivity index (χ2n) is 7.94. The molecule has 0 fully saturated rings. The van der Waals surface area contributed by atoms with E-state index in [0.717, 1.165) is 17.0 Å². The van der Waals surface area contributed by atoms with E-state index in [2.05, 4.69) is 36.8 Å². The summed E-state index contributed by atoms with van der Waals surface area (Å²) < 4.78 is 0. The highest BCUT2D eigenvalue weighted by molar-refractivity contribution is 6.18. The number of fused-ring (bicyclic) bond motifs is 1. The molecule has 5 heteroatoms. The van der Waals surface area contributed by atoms with Crippen molar-refractivity contribution in [1.29, 1.82) is 5.26 Å². The van der Waals surface area contributed by atoms with Crippen LogP contribution in [0.2, 0.25) is 0 Å². The number of hydrogen-bond acceptors (Lipinski definition) is 5. The molecule has 192 valence electrons. The van der Waals surface area contributed by atoms with Gasteiger partial charge in [0.2, 0.25) is 0 Å². The number of nitrogens with zero attached hydrogens (tertiary/aromatic N) is 3. The number of pyridine rings is 1. The number of nitriles is 1. The molecule has 1 aromatic heterocycles. The van der Waals surface area contributed by atoms with Gasteiger partial charge in [-0.15, -0.1) is 0 Å². The summed E-state index contributed by atoms with van der Waals surface area (Å²) in [5, 5.41) is 19.4. The molecule has 1 atom stereocenters. The summed E-state index contributed by atoms with van der Waals surface area (Å²) in [5.41, 5.74) is 9.47. The summed E-state index contributed by atoms with van der Waals surface area (Å²) >= 11 is 0. The largest absolute Gasteiger partial charge is 0.507 e. The molecule has 5 nitrogen and oxygen atoms in total. The molecule has 3 rings (SSSR count). The molecule has 0 spiro atoms. The highest BCUT2D eigenvalue weighted by atomic mass is 16.3. The van der Waals surface area contributed by atoms with Crippen molar-refractivity contribution in [3.05, 3.63) is 65.0 Å². The third-order valence-corrected chi connectivity index (χ3v) is 5.59. The summed E-state index contributed by atoms with van der Waals surface area (Å²) in [6.45, 7) is 15.3. The third kappa shape index (κ3) is 10.3. The van der Waals surface area contributed by atoms with Crippen LogP contribution in [0.3, 0.4) is 0 Å². The van der Waals surface area contributed by atoms with Crippen LogP contribution in [-0.4, -0.2) is 22.3 Å². The van der Waals surface area contributed by atoms with Gasteiger partial charge in [-0.1, -0.05) is 93.1 Å². The van der Waals surface area contributed by atoms with E-state index in [0.29, 0.717) is 29.1 Å². The standard InChI is InChI=1S/C16H12N4O.C10H22.2C2H6/c17-8-10-2-1-3-14(21)15(10)16-11-4-6-19-9-12(11)13(18)5-7-20-16;1-4-6-7-8-9-10(3)5-2;2*1-2/h1-6,9,21H,7,18H2;10H,4-9H2,1-3H3;2*1-2H3. The minimum absolute atomic E-state index is 0.0241. The lowest BCUT2D eigenvalue weighted by Crippen LogP contribution is -2.10. The van der Waals surface area contributed by atoms with Gasteiger partial charge in [0.1, 0.15) is 5.75 Å². The number of benzene rings is 1. The topological polar surface area (TPSA) is 95.3 Å². The van der Waals surface area contributed by atoms with Crippen molar-refractivity contribution in [2.75, 3.05) is 6.54 Å². The Bertz CT molecular complexity index is 957. The molecule has 2 aromatic rings. The first-order valence-corrected chi connectivity index (χ1v) is 13.2. The van der Waals surface area contributed by atoms with Crippen molar-refractivity contribution in [3.63, 3.8) is 0 Å². The Balaban J connectivity index is 0.000000702. The predicted octanol–water partition coefficient (Wildman–Crippen LogP) is 7.86. The number of phenols is 1. The van der Waals surface area contributed by atoms with Crippen LogP contribution < -0.4 is 5.73 Å². The summed E-state index contributed by atoms with van der Waals surface area (Å²) in [6.07, 6.45) is 13.6. The van der Waals surface area contributed by atoms with Crippen molar-refractivity contribution in [3.8, 4) is 11.8 Å². The van der Waals surface area contributed by atoms with Gasteiger partial charge < -0.3 is 10.8 Å². The molecule has 1 aromatic carbocycles. The lowest BCUT2D eigenvalue weighted by Gasteiger charge is -2.12. The molecule has 0 bridgehead atoms. The van der Waals surface area contributed by atoms with Crippen molar-refractivity contribution in [2.45, 2.75) is 87.0 Å². The number of unbranched alkanes of at least 4 members (excludes halogenated alkanes) is 3. The number of rotatable bonds is 7. The monoisotopic (exact) mass is 478 g/mol. The van der Waals surface area contributed by atoms with Gasteiger partial charge >= 0.3 is 0 Å². The van der Waals surface area contributed by atoms with Crippen LogP contribution in [0.15, 0.2) is 47.7 Å². The molecule has 0 aliphatic carbocycles. The maximum absolute atomic E-state index is 10.2. The van der Waals surface area contributed by atoms with Gasteiger partial charge in [0.15, 0.2) is 0 Å². The lowest BCUT2D eigenvalue weighted by molar-refractivity contribution is 0.474. The smallest absolute Gasteiger partial charge is 0.126 e. The number of aliphatic imine (C=N–C) groups is 1. The molecule has 0 radical (unpaired) electrons. The minimum atomic E-state index is 0.0241. The summed E-state index contributed by atoms with van der Waals surface area (Å²) in [6, 6.07) is 8.71. The fourth-order valence-electron chi connectivity index (χ4n) is 3.48. The second kappa shape index (κ2) is 19.2. The Hall–Kier alpha value is -3.13. The molecule has 0 saturated carbocycles. The van der Waals surface area contributed by atoms with Crippen LogP contribution >= 0.6 is 0 Å². The molecular formula is C30H46N4O. The Labute approximate surface area is 213 Å². The fraction of sp³-hybridized carbons (Fsp3) is 0.500. The fourth-order valence-corrected chi connectivity index (χ4v) is 3.48. The molecule has 1 unspecified atom stereocenters. The van der Waals surface area contributed by atoms with E-state index < -0.39 is 0 Å². The van der Waals surface area contributed by atoms with Gasteiger partial charge in [0.25, 0.3) is 0 Å². The van der Waals surface area contributed by atoms with Gasteiger partial charge in [-0.25, -0.2) is 0 Å². The zero-order valence-electron chi connectivity index (χ0n) is 22.9. The summed E-state index contributed by atoms with van der Waals surface area (Å²) in [5.74, 6) is 0.980. The lowest BCUT2D eigenvalue weighted by atomic mass is 9.94. The third-order valence-electron chi connectivity index (χ3n) is 5.59. The summed E-state index contributed by atoms with van der Waals surface area (Å²) in [4.78, 5) is 8.56.